The first-order chi connectivity index (χ1) is 5.75. The first kappa shape index (κ1) is 7.31. The van der Waals surface area contributed by atoms with E-state index in [-0.39, 0.29) is 0 Å². The molecule has 0 aromatic carbocycles. The van der Waals surface area contributed by atoms with Gasteiger partial charge in [-0.25, -0.2) is 9.97 Å². The van der Waals surface area contributed by atoms with Crippen molar-refractivity contribution in [1.29, 1.82) is 0 Å². The van der Waals surface area contributed by atoms with E-state index in [9.17, 15) is 0 Å². The Balaban J connectivity index is 2.80. The van der Waals surface area contributed by atoms with Crippen LogP contribution in [0.1, 0.15) is 0 Å². The standard InChI is InChI=1S/C8H6ClN3/c9-7-1-5-2-8(10)12-4-6(5)3-11-7/h1-4H,(H2,10,12). The highest BCUT2D eigenvalue weighted by Gasteiger charge is 1.96. The molecule has 0 saturated carbocycles. The van der Waals surface area contributed by atoms with Crippen molar-refractivity contribution in [1.82, 2.24) is 9.97 Å². The van der Waals surface area contributed by atoms with Crippen LogP contribution >= 0.6 is 11.6 Å². The Morgan fingerprint density at radius 1 is 1.08 bits per heavy atom. The van der Waals surface area contributed by atoms with Gasteiger partial charge in [-0.2, -0.15) is 0 Å². The van der Waals surface area contributed by atoms with Crippen LogP contribution in [0, 0.1) is 0 Å². The minimum atomic E-state index is 0.466. The number of hydrogen-bond acceptors (Lipinski definition) is 3. The largest absolute Gasteiger partial charge is 0.384 e. The molecule has 0 radical (unpaired) electrons. The van der Waals surface area contributed by atoms with Crippen LogP contribution in [0.15, 0.2) is 24.5 Å². The zero-order valence-electron chi connectivity index (χ0n) is 6.16. The van der Waals surface area contributed by atoms with Gasteiger partial charge in [-0.05, 0) is 17.5 Å². The lowest BCUT2D eigenvalue weighted by Crippen LogP contribution is -1.89. The van der Waals surface area contributed by atoms with E-state index in [0.29, 0.717) is 11.0 Å². The zero-order valence-corrected chi connectivity index (χ0v) is 6.92. The summed E-state index contributed by atoms with van der Waals surface area (Å²) in [5.41, 5.74) is 5.50. The van der Waals surface area contributed by atoms with Gasteiger partial charge < -0.3 is 5.73 Å². The number of nitrogen functional groups attached to an aromatic ring is 1. The summed E-state index contributed by atoms with van der Waals surface area (Å²) in [5.74, 6) is 0.491. The van der Waals surface area contributed by atoms with E-state index in [1.807, 2.05) is 0 Å². The fourth-order valence-corrected chi connectivity index (χ4v) is 1.19. The first-order valence-corrected chi connectivity index (χ1v) is 3.80. The number of hydrogen-bond donors (Lipinski definition) is 1. The highest BCUT2D eigenvalue weighted by Crippen LogP contribution is 2.17. The fourth-order valence-electron chi connectivity index (χ4n) is 1.03. The highest BCUT2D eigenvalue weighted by atomic mass is 35.5. The number of aromatic nitrogens is 2. The molecule has 0 atom stereocenters. The summed E-state index contributed by atoms with van der Waals surface area (Å²) in [6.07, 6.45) is 3.35. The van der Waals surface area contributed by atoms with Gasteiger partial charge in [-0.15, -0.1) is 0 Å². The van der Waals surface area contributed by atoms with Gasteiger partial charge in [0.1, 0.15) is 11.0 Å². The van der Waals surface area contributed by atoms with Crippen molar-refractivity contribution in [3.63, 3.8) is 0 Å². The number of fused-ring (bicyclic) bond motifs is 1. The molecule has 12 heavy (non-hydrogen) atoms. The van der Waals surface area contributed by atoms with Gasteiger partial charge in [0.25, 0.3) is 0 Å². The van der Waals surface area contributed by atoms with Crippen LogP contribution in [0.5, 0.6) is 0 Å². The minimum Gasteiger partial charge on any atom is -0.384 e. The number of anilines is 1. The van der Waals surface area contributed by atoms with E-state index in [1.54, 1.807) is 24.5 Å². The first-order valence-electron chi connectivity index (χ1n) is 3.42. The molecule has 2 aromatic heterocycles. The van der Waals surface area contributed by atoms with E-state index < -0.39 is 0 Å². The Morgan fingerprint density at radius 2 is 1.83 bits per heavy atom. The second kappa shape index (κ2) is 2.60. The average Bonchev–Trinajstić information content (AvgIpc) is 2.03. The fraction of sp³-hybridized carbons (Fsp3) is 0. The Labute approximate surface area is 74.2 Å². The van der Waals surface area contributed by atoms with E-state index in [2.05, 4.69) is 9.97 Å². The van der Waals surface area contributed by atoms with Crippen LogP contribution in [0.25, 0.3) is 10.8 Å². The smallest absolute Gasteiger partial charge is 0.129 e. The third kappa shape index (κ3) is 1.19. The van der Waals surface area contributed by atoms with E-state index >= 15 is 0 Å². The maximum atomic E-state index is 5.70. The molecule has 0 amide bonds. The molecular weight excluding hydrogens is 174 g/mol. The molecule has 4 heteroatoms. The van der Waals surface area contributed by atoms with Gasteiger partial charge in [0.15, 0.2) is 0 Å². The lowest BCUT2D eigenvalue weighted by molar-refractivity contribution is 1.32. The predicted octanol–water partition coefficient (Wildman–Crippen LogP) is 1.87. The van der Waals surface area contributed by atoms with Gasteiger partial charge in [0.05, 0.1) is 0 Å². The third-order valence-electron chi connectivity index (χ3n) is 1.59. The van der Waals surface area contributed by atoms with Crippen molar-refractivity contribution in [2.45, 2.75) is 0 Å². The molecule has 3 nitrogen and oxygen atoms in total. The summed E-state index contributed by atoms with van der Waals surface area (Å²) in [6, 6.07) is 3.53. The molecule has 0 fully saturated rings. The van der Waals surface area contributed by atoms with Crippen molar-refractivity contribution < 1.29 is 0 Å². The van der Waals surface area contributed by atoms with Crippen molar-refractivity contribution in [2.24, 2.45) is 0 Å². The molecule has 0 bridgehead atoms. The summed E-state index contributed by atoms with van der Waals surface area (Å²) < 4.78 is 0. The summed E-state index contributed by atoms with van der Waals surface area (Å²) in [7, 11) is 0. The second-order valence-electron chi connectivity index (χ2n) is 2.46. The minimum absolute atomic E-state index is 0.466. The van der Waals surface area contributed by atoms with Crippen molar-refractivity contribution in [2.75, 3.05) is 5.73 Å². The number of halogens is 1. The van der Waals surface area contributed by atoms with Gasteiger partial charge in [-0.3, -0.25) is 0 Å². The molecule has 2 heterocycles. The number of nitrogens with zero attached hydrogens (tertiary/aromatic N) is 2. The number of pyridine rings is 2. The predicted molar refractivity (Wildman–Crippen MR) is 49.0 cm³/mol. The molecular formula is C8H6ClN3. The lowest BCUT2D eigenvalue weighted by atomic mass is 10.2. The third-order valence-corrected chi connectivity index (χ3v) is 1.80. The molecule has 0 spiro atoms. The maximum Gasteiger partial charge on any atom is 0.129 e. The molecule has 60 valence electrons. The normalized spacial score (nSPS) is 10.4. The quantitative estimate of drug-likeness (QED) is 0.628. The molecule has 0 saturated heterocycles. The van der Waals surface area contributed by atoms with Crippen LogP contribution in [-0.2, 0) is 0 Å². The summed E-state index contributed by atoms with van der Waals surface area (Å²) in [6.45, 7) is 0. The van der Waals surface area contributed by atoms with Crippen molar-refractivity contribution in [3.05, 3.63) is 29.7 Å². The van der Waals surface area contributed by atoms with Gasteiger partial charge in [0, 0.05) is 17.8 Å². The van der Waals surface area contributed by atoms with Crippen molar-refractivity contribution >= 4 is 28.2 Å². The van der Waals surface area contributed by atoms with E-state index in [0.717, 1.165) is 10.8 Å². The Kier molecular flexibility index (Phi) is 1.59. The molecule has 0 unspecified atom stereocenters. The van der Waals surface area contributed by atoms with Crippen LogP contribution in [0.2, 0.25) is 5.15 Å². The van der Waals surface area contributed by atoms with Gasteiger partial charge >= 0.3 is 0 Å². The van der Waals surface area contributed by atoms with Gasteiger partial charge in [0.2, 0.25) is 0 Å². The maximum absolute atomic E-state index is 5.70. The summed E-state index contributed by atoms with van der Waals surface area (Å²) in [5, 5.41) is 2.37. The molecule has 2 rings (SSSR count). The average molecular weight is 180 g/mol. The summed E-state index contributed by atoms with van der Waals surface area (Å²) >= 11 is 5.70. The van der Waals surface area contributed by atoms with Crippen molar-refractivity contribution in [3.8, 4) is 0 Å². The highest BCUT2D eigenvalue weighted by molar-refractivity contribution is 6.30. The molecule has 2 aromatic rings. The van der Waals surface area contributed by atoms with Crippen LogP contribution in [-0.4, -0.2) is 9.97 Å². The number of rotatable bonds is 0. The molecule has 0 aliphatic heterocycles. The molecule has 0 aliphatic carbocycles. The Morgan fingerprint density at radius 3 is 2.67 bits per heavy atom. The van der Waals surface area contributed by atoms with E-state index in [4.69, 9.17) is 17.3 Å². The monoisotopic (exact) mass is 179 g/mol. The Bertz CT molecular complexity index is 391. The molecule has 2 N–H and O–H groups in total. The van der Waals surface area contributed by atoms with Gasteiger partial charge in [-0.1, -0.05) is 11.6 Å². The Hall–Kier alpha value is -1.35. The second-order valence-corrected chi connectivity index (χ2v) is 2.85. The van der Waals surface area contributed by atoms with Crippen LogP contribution in [0.3, 0.4) is 0 Å². The van der Waals surface area contributed by atoms with Crippen LogP contribution < -0.4 is 5.73 Å². The topological polar surface area (TPSA) is 51.8 Å². The van der Waals surface area contributed by atoms with E-state index in [1.165, 1.54) is 0 Å². The molecule has 0 aliphatic rings. The zero-order chi connectivity index (χ0) is 8.55. The number of nitrogens with two attached hydrogens (primary N) is 1. The van der Waals surface area contributed by atoms with Crippen LogP contribution in [0.4, 0.5) is 5.82 Å². The lowest BCUT2D eigenvalue weighted by Gasteiger charge is -1.97. The SMILES string of the molecule is Nc1cc2cc(Cl)ncc2cn1. The summed E-state index contributed by atoms with van der Waals surface area (Å²) in [4.78, 5) is 7.85.